The van der Waals surface area contributed by atoms with Gasteiger partial charge >= 0.3 is 18.1 Å². The first kappa shape index (κ1) is 59.4. The van der Waals surface area contributed by atoms with Crippen molar-refractivity contribution in [2.45, 2.75) is 122 Å². The summed E-state index contributed by atoms with van der Waals surface area (Å²) < 4.78 is 58.2. The third kappa shape index (κ3) is 12.4. The minimum absolute atomic E-state index is 0.0159. The number of benzene rings is 4. The Morgan fingerprint density at radius 1 is 0.642 bits per heavy atom. The summed E-state index contributed by atoms with van der Waals surface area (Å²) in [5, 5.41) is 16.5. The van der Waals surface area contributed by atoms with Gasteiger partial charge in [-0.1, -0.05) is 163 Å². The Kier molecular flexibility index (Phi) is 17.8. The monoisotopic (exact) mass is 1180 g/mol. The smallest absolute Gasteiger partial charge is 0.330 e. The molecule has 1 unspecified atom stereocenters. The molecule has 0 amide bonds. The molecule has 9 rings (SSSR count). The number of hydrogen-bond acceptors (Lipinski definition) is 14. The van der Waals surface area contributed by atoms with Crippen LogP contribution in [0.1, 0.15) is 83.7 Å². The maximum atomic E-state index is 13.6. The first-order valence-corrected chi connectivity index (χ1v) is 33.3. The van der Waals surface area contributed by atoms with Gasteiger partial charge in [-0.15, -0.1) is 0 Å². The van der Waals surface area contributed by atoms with Crippen LogP contribution in [0.25, 0.3) is 0 Å². The van der Waals surface area contributed by atoms with Crippen LogP contribution in [0.15, 0.2) is 171 Å². The lowest BCUT2D eigenvalue weighted by atomic mass is 10.2. The molecule has 22 heteroatoms. The average molecular weight is 1180 g/mol. The lowest BCUT2D eigenvalue weighted by molar-refractivity contribution is -0.616. The zero-order valence-corrected chi connectivity index (χ0v) is 50.6. The van der Waals surface area contributed by atoms with Crippen molar-refractivity contribution < 1.29 is 41.4 Å². The van der Waals surface area contributed by atoms with E-state index in [0.29, 0.717) is 16.0 Å². The van der Waals surface area contributed by atoms with Gasteiger partial charge in [0.05, 0.1) is 38.6 Å². The van der Waals surface area contributed by atoms with E-state index in [-0.39, 0.29) is 43.9 Å². The van der Waals surface area contributed by atoms with Crippen molar-refractivity contribution in [2.24, 2.45) is 0 Å². The van der Waals surface area contributed by atoms with Gasteiger partial charge in [-0.2, -0.15) is 4.73 Å². The molecule has 81 heavy (non-hydrogen) atoms. The molecule has 2 N–H and O–H groups in total. The van der Waals surface area contributed by atoms with Crippen molar-refractivity contribution in [2.75, 3.05) is 20.3 Å². The Labute approximate surface area is 477 Å². The highest BCUT2D eigenvalue weighted by atomic mass is 32.5. The number of rotatable bonds is 20. The van der Waals surface area contributed by atoms with E-state index >= 15 is 0 Å². The molecule has 3 aromatic heterocycles. The van der Waals surface area contributed by atoms with E-state index in [2.05, 4.69) is 100 Å². The fraction of sp³-hybridized carbons (Fsp3) is 0.373. The van der Waals surface area contributed by atoms with Crippen LogP contribution in [0, 0.1) is 19.1 Å². The summed E-state index contributed by atoms with van der Waals surface area (Å²) in [7, 11) is -5.08. The normalized spacial score (nSPS) is 20.5. The third-order valence-electron chi connectivity index (χ3n) is 15.1. The van der Waals surface area contributed by atoms with E-state index in [0.717, 1.165) is 20.7 Å². The fourth-order valence-corrected chi connectivity index (χ4v) is 22.4. The van der Waals surface area contributed by atoms with Gasteiger partial charge in [0.15, 0.2) is 6.20 Å². The molecule has 5 heterocycles. The minimum atomic E-state index is -4.14. The quantitative estimate of drug-likeness (QED) is 0.0372. The van der Waals surface area contributed by atoms with Crippen molar-refractivity contribution in [3.8, 4) is 5.75 Å². The molecular formula is C59H70N5O13PSSi2. The zero-order chi connectivity index (χ0) is 57.9. The molecule has 4 aromatic carbocycles. The third-order valence-corrected chi connectivity index (χ3v) is 27.5. The molecule has 0 radical (unpaired) electrons. The minimum Gasteiger partial charge on any atom is -0.618 e. The van der Waals surface area contributed by atoms with Crippen LogP contribution in [-0.4, -0.2) is 80.5 Å². The van der Waals surface area contributed by atoms with Crippen molar-refractivity contribution >= 4 is 55.9 Å². The second-order valence-corrected chi connectivity index (χ2v) is 34.0. The number of ether oxygens (including phenoxy) is 3. The molecule has 2 aliphatic heterocycles. The molecular weight excluding hydrogens is 1110 g/mol. The molecule has 7 atom stereocenters. The van der Waals surface area contributed by atoms with Crippen LogP contribution in [0.3, 0.4) is 0 Å². The number of nitrogens with one attached hydrogen (secondary N) is 2. The summed E-state index contributed by atoms with van der Waals surface area (Å²) in [5.41, 5.74) is -1.69. The number of aromatic nitrogens is 5. The lowest BCUT2D eigenvalue weighted by Gasteiger charge is -2.45. The van der Waals surface area contributed by atoms with E-state index in [1.165, 1.54) is 47.0 Å². The summed E-state index contributed by atoms with van der Waals surface area (Å²) in [4.78, 5) is 57.5. The molecule has 428 valence electrons. The summed E-state index contributed by atoms with van der Waals surface area (Å²) >= 11 is 6.47. The van der Waals surface area contributed by atoms with E-state index in [9.17, 15) is 24.4 Å². The number of methoxy groups -OCH3 is 1. The Balaban J connectivity index is 1.13. The van der Waals surface area contributed by atoms with Crippen LogP contribution in [-0.2, 0) is 50.3 Å². The zero-order valence-electron chi connectivity index (χ0n) is 46.9. The highest BCUT2D eigenvalue weighted by molar-refractivity contribution is 8.07. The number of pyridine rings is 1. The van der Waals surface area contributed by atoms with Crippen LogP contribution >= 0.6 is 6.72 Å². The Bertz CT molecular complexity index is 3520. The van der Waals surface area contributed by atoms with E-state index < -0.39 is 92.8 Å². The summed E-state index contributed by atoms with van der Waals surface area (Å²) in [6.07, 6.45) is -1.19. The molecule has 2 saturated heterocycles. The molecule has 0 spiro atoms. The standard InChI is InChI=1S/C59H70N5O13PSSi2/c1-40-35-62(56(67)60-54(40)65)52-33-48(51(75-52)39-73-80(58(3,4)5,44-22-14-10-15-23-44)45-24-16-11-17-25-45)76-78(79,71-37-42-32-43(70-9)30-31-64(42)69)72-38-50-49(34-53(74-50)63-36-41(2)55(66)61-57(63)68)77-81(59(6,7)8,46-26-18-12-19-27-46)47-28-20-13-21-29-47/h10-32,35-36,48-53H,33-34,37-39H2,1-9H3,(H,60,65,67)(H,61,66,68)/t48-,49-,50+,51+,52+,53+,78?/m0/s1. The average Bonchev–Trinajstić information content (AvgIpc) is 3.92. The van der Waals surface area contributed by atoms with Crippen LogP contribution in [0.4, 0.5) is 0 Å². The lowest BCUT2D eigenvalue weighted by Crippen LogP contribution is -2.68. The van der Waals surface area contributed by atoms with Crippen molar-refractivity contribution in [1.29, 1.82) is 0 Å². The van der Waals surface area contributed by atoms with Gasteiger partial charge in [-0.3, -0.25) is 33.2 Å². The molecule has 7 aromatic rings. The van der Waals surface area contributed by atoms with Gasteiger partial charge in [0, 0.05) is 42.4 Å². The van der Waals surface area contributed by atoms with Gasteiger partial charge in [0.25, 0.3) is 27.8 Å². The largest absolute Gasteiger partial charge is 0.618 e. The number of aromatic amines is 2. The van der Waals surface area contributed by atoms with E-state index in [1.54, 1.807) is 13.8 Å². The summed E-state index contributed by atoms with van der Waals surface area (Å²) in [6, 6.07) is 43.5. The fourth-order valence-electron chi connectivity index (χ4n) is 11.1. The second-order valence-electron chi connectivity index (χ2n) is 22.5. The van der Waals surface area contributed by atoms with Crippen molar-refractivity contribution in [3.63, 3.8) is 0 Å². The van der Waals surface area contributed by atoms with Crippen LogP contribution < -0.4 is 52.7 Å². The molecule has 0 aliphatic carbocycles. The number of aryl methyl sites for hydroxylation is 2. The highest BCUT2D eigenvalue weighted by Gasteiger charge is 2.55. The van der Waals surface area contributed by atoms with Gasteiger partial charge in [-0.25, -0.2) is 9.59 Å². The highest BCUT2D eigenvalue weighted by Crippen LogP contribution is 2.55. The second kappa shape index (κ2) is 24.3. The Morgan fingerprint density at radius 3 is 1.52 bits per heavy atom. The van der Waals surface area contributed by atoms with Gasteiger partial charge in [-0.05, 0) is 56.5 Å². The number of hydrogen-bond donors (Lipinski definition) is 2. The molecule has 0 bridgehead atoms. The molecule has 18 nitrogen and oxygen atoms in total. The topological polar surface area (TPSA) is 210 Å². The molecule has 2 fully saturated rings. The van der Waals surface area contributed by atoms with Crippen LogP contribution in [0.5, 0.6) is 5.75 Å². The first-order chi connectivity index (χ1) is 38.6. The maximum absolute atomic E-state index is 13.6. The Morgan fingerprint density at radius 2 is 1.07 bits per heavy atom. The number of H-pyrrole nitrogens is 2. The Hall–Kier alpha value is -6.21. The predicted molar refractivity (Wildman–Crippen MR) is 317 cm³/mol. The molecule has 2 aliphatic rings. The van der Waals surface area contributed by atoms with Gasteiger partial charge < -0.3 is 37.3 Å². The van der Waals surface area contributed by atoms with E-state index in [1.807, 2.05) is 72.8 Å². The first-order valence-electron chi connectivity index (χ1n) is 26.9. The summed E-state index contributed by atoms with van der Waals surface area (Å²) in [6.45, 7) is 11.3. The SMILES string of the molecule is COc1cc[n+]([O-])c(COP(=S)(OC[C@H]2O[C@@H](n3cc(C)c(=O)[nH]c3=O)C[C@@H]2O[Si](c2ccccc2)(c2ccccc2)C(C)(C)C)O[C@H]2C[C@H](n3cc(C)c(=O)[nH]c3=O)O[C@@H]2CO[Si](c2ccccc2)(c2ccccc2)C(C)(C)C)c1. The summed E-state index contributed by atoms with van der Waals surface area (Å²) in [5.74, 6) is 0.395. The van der Waals surface area contributed by atoms with Crippen LogP contribution in [0.2, 0.25) is 10.1 Å². The molecule has 0 saturated carbocycles. The van der Waals surface area contributed by atoms with Gasteiger partial charge in [0.2, 0.25) is 5.69 Å². The predicted octanol–water partition coefficient (Wildman–Crippen LogP) is 6.29. The van der Waals surface area contributed by atoms with Crippen molar-refractivity contribution in [3.05, 3.63) is 216 Å². The van der Waals surface area contributed by atoms with Crippen molar-refractivity contribution in [1.82, 2.24) is 19.1 Å². The number of nitrogens with zero attached hydrogens (tertiary/aromatic N) is 3. The maximum Gasteiger partial charge on any atom is 0.330 e. The van der Waals surface area contributed by atoms with E-state index in [4.69, 9.17) is 48.4 Å². The van der Waals surface area contributed by atoms with Gasteiger partial charge in [0.1, 0.15) is 37.0 Å².